The molecule has 9 heteroatoms. The lowest BCUT2D eigenvalue weighted by Gasteiger charge is -2.12. The van der Waals surface area contributed by atoms with Crippen LogP contribution in [-0.2, 0) is 11.2 Å². The molecule has 8 nitrogen and oxygen atoms in total. The Hall–Kier alpha value is -2.94. The van der Waals surface area contributed by atoms with Crippen molar-refractivity contribution in [3.05, 3.63) is 46.8 Å². The second-order valence-electron chi connectivity index (χ2n) is 5.71. The molecule has 0 aliphatic rings. The molecule has 2 amide bonds. The SMILES string of the molecule is CSc1nc2nc(C)c(CC(=O)Nc3ccccc3C(N)=O)c(C)n2n1. The number of aromatic nitrogens is 4. The molecule has 0 fully saturated rings. The Bertz CT molecular complexity index is 1010. The molecule has 0 spiro atoms. The molecular formula is C17H18N6O2S. The van der Waals surface area contributed by atoms with Crippen LogP contribution >= 0.6 is 11.8 Å². The van der Waals surface area contributed by atoms with Crippen LogP contribution in [0.1, 0.15) is 27.3 Å². The van der Waals surface area contributed by atoms with E-state index >= 15 is 0 Å². The summed E-state index contributed by atoms with van der Waals surface area (Å²) in [7, 11) is 0. The van der Waals surface area contributed by atoms with Gasteiger partial charge in [0.1, 0.15) is 0 Å². The van der Waals surface area contributed by atoms with Crippen molar-refractivity contribution in [2.75, 3.05) is 11.6 Å². The smallest absolute Gasteiger partial charge is 0.253 e. The Morgan fingerprint density at radius 3 is 2.65 bits per heavy atom. The van der Waals surface area contributed by atoms with Crippen LogP contribution in [0.5, 0.6) is 0 Å². The Morgan fingerprint density at radius 1 is 1.23 bits per heavy atom. The van der Waals surface area contributed by atoms with Crippen LogP contribution in [0.4, 0.5) is 5.69 Å². The third-order valence-electron chi connectivity index (χ3n) is 4.02. The number of rotatable bonds is 5. The average Bonchev–Trinajstić information content (AvgIpc) is 3.02. The molecule has 0 atom stereocenters. The highest BCUT2D eigenvalue weighted by molar-refractivity contribution is 7.98. The Kier molecular flexibility index (Phi) is 4.90. The quantitative estimate of drug-likeness (QED) is 0.661. The van der Waals surface area contributed by atoms with Crippen molar-refractivity contribution in [1.29, 1.82) is 0 Å². The molecule has 1 aromatic carbocycles. The molecule has 3 rings (SSSR count). The lowest BCUT2D eigenvalue weighted by atomic mass is 10.1. The molecule has 3 aromatic rings. The lowest BCUT2D eigenvalue weighted by molar-refractivity contribution is -0.115. The molecular weight excluding hydrogens is 352 g/mol. The highest BCUT2D eigenvalue weighted by Crippen LogP contribution is 2.19. The van der Waals surface area contributed by atoms with Gasteiger partial charge in [0.25, 0.3) is 11.7 Å². The van der Waals surface area contributed by atoms with E-state index in [1.54, 1.807) is 28.8 Å². The van der Waals surface area contributed by atoms with Crippen LogP contribution < -0.4 is 11.1 Å². The van der Waals surface area contributed by atoms with Crippen LogP contribution in [0.15, 0.2) is 29.4 Å². The number of carbonyl (C=O) groups excluding carboxylic acids is 2. The van der Waals surface area contributed by atoms with Crippen LogP contribution in [0.2, 0.25) is 0 Å². The fourth-order valence-electron chi connectivity index (χ4n) is 2.69. The van der Waals surface area contributed by atoms with Gasteiger partial charge in [-0.3, -0.25) is 9.59 Å². The second-order valence-corrected chi connectivity index (χ2v) is 6.48. The first-order valence-corrected chi connectivity index (χ1v) is 9.08. The van der Waals surface area contributed by atoms with E-state index in [1.807, 2.05) is 20.1 Å². The summed E-state index contributed by atoms with van der Waals surface area (Å²) in [5, 5.41) is 7.74. The number of fused-ring (bicyclic) bond motifs is 1. The summed E-state index contributed by atoms with van der Waals surface area (Å²) in [6, 6.07) is 6.63. The van der Waals surface area contributed by atoms with Gasteiger partial charge >= 0.3 is 0 Å². The highest BCUT2D eigenvalue weighted by atomic mass is 32.2. The molecule has 26 heavy (non-hydrogen) atoms. The Morgan fingerprint density at radius 2 is 1.96 bits per heavy atom. The minimum Gasteiger partial charge on any atom is -0.366 e. The van der Waals surface area contributed by atoms with Gasteiger partial charge in [-0.1, -0.05) is 23.9 Å². The maximum Gasteiger partial charge on any atom is 0.253 e. The largest absolute Gasteiger partial charge is 0.366 e. The summed E-state index contributed by atoms with van der Waals surface area (Å²) >= 11 is 1.43. The van der Waals surface area contributed by atoms with E-state index in [0.29, 0.717) is 22.3 Å². The van der Waals surface area contributed by atoms with Crippen LogP contribution in [0.25, 0.3) is 5.78 Å². The fourth-order valence-corrected chi connectivity index (χ4v) is 3.03. The zero-order valence-corrected chi connectivity index (χ0v) is 15.4. The molecule has 0 bridgehead atoms. The fraction of sp³-hybridized carbons (Fsp3) is 0.235. The monoisotopic (exact) mass is 370 g/mol. The predicted molar refractivity (Wildman–Crippen MR) is 99.3 cm³/mol. The number of para-hydroxylation sites is 1. The van der Waals surface area contributed by atoms with E-state index in [1.165, 1.54) is 11.8 Å². The standard InChI is InChI=1S/C17H18N6O2S/c1-9-12(10(2)23-16(19-9)21-17(22-23)26-3)8-14(24)20-13-7-5-4-6-11(13)15(18)25/h4-7H,8H2,1-3H3,(H2,18,25)(H,20,24). The zero-order chi connectivity index (χ0) is 18.8. The minimum absolute atomic E-state index is 0.0994. The summed E-state index contributed by atoms with van der Waals surface area (Å²) in [5.74, 6) is -0.354. The number of carbonyl (C=O) groups is 2. The van der Waals surface area contributed by atoms with E-state index < -0.39 is 5.91 Å². The number of nitrogens with zero attached hydrogens (tertiary/aromatic N) is 4. The molecule has 0 saturated carbocycles. The Labute approximate surface area is 154 Å². The number of benzene rings is 1. The van der Waals surface area contributed by atoms with Gasteiger partial charge in [0.05, 0.1) is 17.7 Å². The van der Waals surface area contributed by atoms with E-state index in [4.69, 9.17) is 5.73 Å². The molecule has 3 N–H and O–H groups in total. The van der Waals surface area contributed by atoms with Crippen LogP contribution in [0.3, 0.4) is 0 Å². The minimum atomic E-state index is -0.594. The number of thioether (sulfide) groups is 1. The van der Waals surface area contributed by atoms with Crippen LogP contribution in [-0.4, -0.2) is 37.7 Å². The van der Waals surface area contributed by atoms with Crippen LogP contribution in [0, 0.1) is 13.8 Å². The van der Waals surface area contributed by atoms with E-state index in [-0.39, 0.29) is 17.9 Å². The molecule has 2 aromatic heterocycles. The van der Waals surface area contributed by atoms with Crippen molar-refractivity contribution >= 4 is 35.0 Å². The third-order valence-corrected chi connectivity index (χ3v) is 4.55. The molecule has 0 radical (unpaired) electrons. The lowest BCUT2D eigenvalue weighted by Crippen LogP contribution is -2.21. The summed E-state index contributed by atoms with van der Waals surface area (Å²) in [6.45, 7) is 3.71. The topological polar surface area (TPSA) is 115 Å². The number of aryl methyl sites for hydroxylation is 2. The summed E-state index contributed by atoms with van der Waals surface area (Å²) in [5.41, 5.74) is 8.29. The van der Waals surface area contributed by atoms with Gasteiger partial charge in [0, 0.05) is 17.0 Å². The first kappa shape index (κ1) is 17.9. The van der Waals surface area contributed by atoms with E-state index in [0.717, 1.165) is 11.3 Å². The van der Waals surface area contributed by atoms with Gasteiger partial charge in [-0.05, 0) is 32.2 Å². The number of primary amides is 1. The Balaban J connectivity index is 1.89. The average molecular weight is 370 g/mol. The summed E-state index contributed by atoms with van der Waals surface area (Å²) in [4.78, 5) is 32.8. The van der Waals surface area contributed by atoms with E-state index in [2.05, 4.69) is 20.4 Å². The zero-order valence-electron chi connectivity index (χ0n) is 14.6. The van der Waals surface area contributed by atoms with Gasteiger partial charge < -0.3 is 11.1 Å². The van der Waals surface area contributed by atoms with Gasteiger partial charge in [0.2, 0.25) is 11.1 Å². The number of nitrogens with two attached hydrogens (primary N) is 1. The first-order valence-electron chi connectivity index (χ1n) is 7.86. The normalized spacial score (nSPS) is 10.9. The van der Waals surface area contributed by atoms with Gasteiger partial charge in [-0.2, -0.15) is 4.98 Å². The number of anilines is 1. The molecule has 0 unspecified atom stereocenters. The highest BCUT2D eigenvalue weighted by Gasteiger charge is 2.17. The van der Waals surface area contributed by atoms with Crippen molar-refractivity contribution in [3.63, 3.8) is 0 Å². The van der Waals surface area contributed by atoms with Crippen molar-refractivity contribution < 1.29 is 9.59 Å². The molecule has 2 heterocycles. The van der Waals surface area contributed by atoms with E-state index in [9.17, 15) is 9.59 Å². The molecule has 0 aliphatic heterocycles. The van der Waals surface area contributed by atoms with Crippen molar-refractivity contribution in [2.45, 2.75) is 25.4 Å². The van der Waals surface area contributed by atoms with Gasteiger partial charge in [0.15, 0.2) is 0 Å². The summed E-state index contributed by atoms with van der Waals surface area (Å²) in [6.07, 6.45) is 1.99. The number of amides is 2. The summed E-state index contributed by atoms with van der Waals surface area (Å²) < 4.78 is 1.64. The predicted octanol–water partition coefficient (Wildman–Crippen LogP) is 1.74. The first-order chi connectivity index (χ1) is 12.4. The maximum absolute atomic E-state index is 12.5. The molecule has 0 saturated heterocycles. The molecule has 134 valence electrons. The molecule has 0 aliphatic carbocycles. The maximum atomic E-state index is 12.5. The van der Waals surface area contributed by atoms with Crippen molar-refractivity contribution in [2.24, 2.45) is 5.73 Å². The van der Waals surface area contributed by atoms with Crippen molar-refractivity contribution in [3.8, 4) is 0 Å². The van der Waals surface area contributed by atoms with Gasteiger partial charge in [-0.15, -0.1) is 5.10 Å². The number of hydrogen-bond donors (Lipinski definition) is 2. The van der Waals surface area contributed by atoms with Crippen molar-refractivity contribution in [1.82, 2.24) is 19.6 Å². The third kappa shape index (κ3) is 3.38. The number of nitrogens with one attached hydrogen (secondary N) is 1. The van der Waals surface area contributed by atoms with Gasteiger partial charge in [-0.25, -0.2) is 9.50 Å². The number of hydrogen-bond acceptors (Lipinski definition) is 6. The second kappa shape index (κ2) is 7.12.